The summed E-state index contributed by atoms with van der Waals surface area (Å²) in [6.45, 7) is 1.11. The minimum atomic E-state index is -1.49. The Labute approximate surface area is 85.2 Å². The van der Waals surface area contributed by atoms with Crippen LogP contribution in [0.5, 0.6) is 0 Å². The van der Waals surface area contributed by atoms with Gasteiger partial charge in [-0.2, -0.15) is 0 Å². The lowest BCUT2D eigenvalue weighted by molar-refractivity contribution is -0.257. The molecule has 86 valence electrons. The van der Waals surface area contributed by atoms with Crippen LogP contribution in [0.1, 0.15) is 13.3 Å². The van der Waals surface area contributed by atoms with E-state index in [2.05, 4.69) is 4.74 Å². The first-order valence-electron chi connectivity index (χ1n) is 4.33. The molecule has 1 rings (SSSR count). The summed E-state index contributed by atoms with van der Waals surface area (Å²) in [7, 11) is 0. The first-order chi connectivity index (χ1) is 6.91. The summed E-state index contributed by atoms with van der Waals surface area (Å²) < 4.78 is 9.29. The van der Waals surface area contributed by atoms with Crippen LogP contribution in [0.2, 0.25) is 0 Å². The largest absolute Gasteiger partial charge is 0.479 e. The fourth-order valence-corrected chi connectivity index (χ4v) is 1.30. The summed E-state index contributed by atoms with van der Waals surface area (Å²) in [6.07, 6.45) is -5.58. The summed E-state index contributed by atoms with van der Waals surface area (Å²) >= 11 is 0. The van der Waals surface area contributed by atoms with E-state index in [1.807, 2.05) is 0 Å². The third kappa shape index (κ3) is 2.88. The van der Waals surface area contributed by atoms with E-state index in [1.54, 1.807) is 0 Å². The number of rotatable bonds is 2. The smallest absolute Gasteiger partial charge is 0.335 e. The number of carboxylic acid groups (broad SMARTS) is 1. The number of hydrogen-bond donors (Lipinski definition) is 3. The third-order valence-corrected chi connectivity index (χ3v) is 1.95. The molecule has 15 heavy (non-hydrogen) atoms. The van der Waals surface area contributed by atoms with E-state index >= 15 is 0 Å². The Morgan fingerprint density at radius 2 is 1.93 bits per heavy atom. The average molecular weight is 220 g/mol. The molecule has 3 N–H and O–H groups in total. The van der Waals surface area contributed by atoms with Gasteiger partial charge >= 0.3 is 11.9 Å². The first-order valence-corrected chi connectivity index (χ1v) is 4.33. The minimum Gasteiger partial charge on any atom is -0.479 e. The number of esters is 1. The van der Waals surface area contributed by atoms with Gasteiger partial charge in [0.05, 0.1) is 6.10 Å². The molecule has 0 aromatic rings. The normalized spacial score (nSPS) is 35.9. The lowest BCUT2D eigenvalue weighted by atomic mass is 10.0. The van der Waals surface area contributed by atoms with Crippen molar-refractivity contribution in [1.29, 1.82) is 0 Å². The van der Waals surface area contributed by atoms with Gasteiger partial charge in [-0.1, -0.05) is 0 Å². The topological polar surface area (TPSA) is 113 Å². The third-order valence-electron chi connectivity index (χ3n) is 1.95. The van der Waals surface area contributed by atoms with E-state index in [1.165, 1.54) is 0 Å². The second-order valence-electron chi connectivity index (χ2n) is 3.24. The van der Waals surface area contributed by atoms with Gasteiger partial charge in [0.1, 0.15) is 6.10 Å². The quantitative estimate of drug-likeness (QED) is 0.484. The van der Waals surface area contributed by atoms with Crippen molar-refractivity contribution in [2.45, 2.75) is 37.9 Å². The van der Waals surface area contributed by atoms with Gasteiger partial charge in [0.15, 0.2) is 6.10 Å². The van der Waals surface area contributed by atoms with Crippen LogP contribution in [0.15, 0.2) is 0 Å². The van der Waals surface area contributed by atoms with Crippen molar-refractivity contribution in [3.05, 3.63) is 0 Å². The number of aliphatic carboxylic acids is 1. The maximum absolute atomic E-state index is 10.6. The number of aliphatic hydroxyl groups excluding tert-OH is 2. The van der Waals surface area contributed by atoms with Gasteiger partial charge in [0, 0.05) is 13.3 Å². The summed E-state index contributed by atoms with van der Waals surface area (Å²) in [6, 6.07) is 0. The van der Waals surface area contributed by atoms with E-state index in [-0.39, 0.29) is 6.42 Å². The molecule has 0 bridgehead atoms. The van der Waals surface area contributed by atoms with Gasteiger partial charge in [0.25, 0.3) is 0 Å². The fraction of sp³-hybridized carbons (Fsp3) is 0.750. The Morgan fingerprint density at radius 1 is 1.33 bits per heavy atom. The number of ether oxygens (including phenoxy) is 2. The summed E-state index contributed by atoms with van der Waals surface area (Å²) in [4.78, 5) is 21.2. The van der Waals surface area contributed by atoms with Crippen molar-refractivity contribution in [2.75, 3.05) is 0 Å². The molecule has 3 unspecified atom stereocenters. The zero-order valence-corrected chi connectivity index (χ0v) is 7.99. The molecule has 0 aliphatic carbocycles. The average Bonchev–Trinajstić information content (AvgIpc) is 2.08. The maximum Gasteiger partial charge on any atom is 0.335 e. The first kappa shape index (κ1) is 11.9. The van der Waals surface area contributed by atoms with Crippen molar-refractivity contribution in [2.24, 2.45) is 0 Å². The predicted octanol–water partition coefficient (Wildman–Crippen LogP) is -1.53. The molecule has 0 spiro atoms. The molecule has 4 atom stereocenters. The molecule has 1 heterocycles. The number of hydrogen-bond acceptors (Lipinski definition) is 6. The molecule has 0 aromatic heterocycles. The predicted molar refractivity (Wildman–Crippen MR) is 44.7 cm³/mol. The van der Waals surface area contributed by atoms with Crippen LogP contribution < -0.4 is 0 Å². The number of carboxylic acids is 1. The van der Waals surface area contributed by atoms with E-state index in [4.69, 9.17) is 9.84 Å². The molecule has 1 fully saturated rings. The van der Waals surface area contributed by atoms with Gasteiger partial charge in [0.2, 0.25) is 6.29 Å². The second kappa shape index (κ2) is 4.56. The summed E-state index contributed by atoms with van der Waals surface area (Å²) in [5, 5.41) is 27.2. The molecule has 0 radical (unpaired) electrons. The van der Waals surface area contributed by atoms with Gasteiger partial charge in [-0.25, -0.2) is 4.79 Å². The standard InChI is InChI=1S/C8H12O7/c1-3(9)14-8-5(11)2-4(10)6(15-8)7(12)13/h4-6,8,10-11H,2H2,1H3,(H,12,13)/t4?,5-,6?,8?/m0/s1. The van der Waals surface area contributed by atoms with E-state index in [9.17, 15) is 19.8 Å². The van der Waals surface area contributed by atoms with Crippen LogP contribution >= 0.6 is 0 Å². The van der Waals surface area contributed by atoms with Crippen molar-refractivity contribution >= 4 is 11.9 Å². The van der Waals surface area contributed by atoms with Crippen LogP contribution in [0.4, 0.5) is 0 Å². The monoisotopic (exact) mass is 220 g/mol. The van der Waals surface area contributed by atoms with Gasteiger partial charge in [-0.3, -0.25) is 4.79 Å². The molecule has 0 saturated carbocycles. The Hall–Kier alpha value is -1.18. The molecular weight excluding hydrogens is 208 g/mol. The Balaban J connectivity index is 2.66. The molecule has 7 heteroatoms. The van der Waals surface area contributed by atoms with Crippen molar-refractivity contribution in [3.63, 3.8) is 0 Å². The van der Waals surface area contributed by atoms with E-state index < -0.39 is 36.5 Å². The van der Waals surface area contributed by atoms with E-state index in [0.717, 1.165) is 6.92 Å². The Bertz CT molecular complexity index is 264. The van der Waals surface area contributed by atoms with Crippen LogP contribution in [-0.4, -0.2) is 51.9 Å². The van der Waals surface area contributed by atoms with Crippen molar-refractivity contribution in [1.82, 2.24) is 0 Å². The fourth-order valence-electron chi connectivity index (χ4n) is 1.30. The molecule has 1 aliphatic rings. The highest BCUT2D eigenvalue weighted by atomic mass is 16.7. The van der Waals surface area contributed by atoms with Gasteiger partial charge < -0.3 is 24.8 Å². The van der Waals surface area contributed by atoms with Gasteiger partial charge in [-0.15, -0.1) is 0 Å². The maximum atomic E-state index is 10.6. The molecule has 1 aliphatic heterocycles. The summed E-state index contributed by atoms with van der Waals surface area (Å²) in [5.41, 5.74) is 0. The highest BCUT2D eigenvalue weighted by Gasteiger charge is 2.41. The number of aliphatic hydroxyl groups is 2. The van der Waals surface area contributed by atoms with Crippen LogP contribution in [0, 0.1) is 0 Å². The highest BCUT2D eigenvalue weighted by Crippen LogP contribution is 2.21. The number of carbonyl (C=O) groups excluding carboxylic acids is 1. The molecule has 0 amide bonds. The lowest BCUT2D eigenvalue weighted by Gasteiger charge is -2.34. The zero-order valence-electron chi connectivity index (χ0n) is 7.99. The number of carbonyl (C=O) groups is 2. The summed E-state index contributed by atoms with van der Waals surface area (Å²) in [5.74, 6) is -2.06. The lowest BCUT2D eigenvalue weighted by Crippen LogP contribution is -2.51. The zero-order chi connectivity index (χ0) is 11.6. The minimum absolute atomic E-state index is 0.213. The van der Waals surface area contributed by atoms with Crippen molar-refractivity contribution in [3.8, 4) is 0 Å². The second-order valence-corrected chi connectivity index (χ2v) is 3.24. The SMILES string of the molecule is CC(=O)OC1OC(C(=O)O)C(O)C[C@@H]1O. The van der Waals surface area contributed by atoms with Crippen LogP contribution in [-0.2, 0) is 19.1 Å². The molecular formula is C8H12O7. The Morgan fingerprint density at radius 3 is 2.40 bits per heavy atom. The van der Waals surface area contributed by atoms with Crippen LogP contribution in [0.25, 0.3) is 0 Å². The Kier molecular flexibility index (Phi) is 3.61. The van der Waals surface area contributed by atoms with E-state index in [0.29, 0.717) is 0 Å². The van der Waals surface area contributed by atoms with Crippen LogP contribution in [0.3, 0.4) is 0 Å². The molecule has 1 saturated heterocycles. The van der Waals surface area contributed by atoms with Crippen molar-refractivity contribution < 1.29 is 34.4 Å². The van der Waals surface area contributed by atoms with Gasteiger partial charge in [-0.05, 0) is 0 Å². The molecule has 7 nitrogen and oxygen atoms in total. The molecule has 0 aromatic carbocycles. The highest BCUT2D eigenvalue weighted by molar-refractivity contribution is 5.73.